The molecule has 0 unspecified atom stereocenters. The fraction of sp³-hybridized carbons (Fsp3) is 0.417. The van der Waals surface area contributed by atoms with Crippen LogP contribution in [0.2, 0.25) is 0 Å². The highest BCUT2D eigenvalue weighted by Gasteiger charge is 2.55. The van der Waals surface area contributed by atoms with E-state index in [1.807, 2.05) is 0 Å². The Morgan fingerprint density at radius 3 is 2.32 bits per heavy atom. The van der Waals surface area contributed by atoms with Gasteiger partial charge < -0.3 is 0 Å². The van der Waals surface area contributed by atoms with Crippen LogP contribution in [0.4, 0.5) is 22.0 Å². The summed E-state index contributed by atoms with van der Waals surface area (Å²) in [4.78, 5) is 0. The summed E-state index contributed by atoms with van der Waals surface area (Å²) in [6.45, 7) is -0.839. The number of alkyl halides is 2. The van der Waals surface area contributed by atoms with Gasteiger partial charge >= 0.3 is 5.25 Å². The zero-order valence-electron chi connectivity index (χ0n) is 10.9. The molecule has 0 atom stereocenters. The third kappa shape index (κ3) is 2.55. The summed E-state index contributed by atoms with van der Waals surface area (Å²) in [5, 5.41) is 3.74. The predicted octanol–water partition coefficient (Wildman–Crippen LogP) is 2.47. The van der Waals surface area contributed by atoms with Gasteiger partial charge in [-0.3, -0.25) is 0 Å². The van der Waals surface area contributed by atoms with E-state index in [0.29, 0.717) is 0 Å². The Morgan fingerprint density at radius 2 is 1.82 bits per heavy atom. The second-order valence-electron chi connectivity index (χ2n) is 4.68. The molecular weight excluding hydrogens is 331 g/mol. The van der Waals surface area contributed by atoms with E-state index in [1.54, 1.807) is 0 Å². The first-order valence-electron chi connectivity index (χ1n) is 6.04. The number of sulfonamides is 1. The van der Waals surface area contributed by atoms with Crippen molar-refractivity contribution in [1.82, 2.24) is 4.31 Å². The minimum atomic E-state index is -5.46. The van der Waals surface area contributed by atoms with Gasteiger partial charge in [-0.25, -0.2) is 21.6 Å². The topological polar surface area (TPSA) is 61.2 Å². The van der Waals surface area contributed by atoms with Gasteiger partial charge in [-0.05, 0) is 25.0 Å². The smallest absolute Gasteiger partial charge is 0.205 e. The molecule has 0 N–H and O–H groups in total. The second kappa shape index (κ2) is 5.48. The minimum absolute atomic E-state index is 0.169. The van der Waals surface area contributed by atoms with Gasteiger partial charge in [0, 0.05) is 6.04 Å². The average molecular weight is 340 g/mol. The van der Waals surface area contributed by atoms with Crippen molar-refractivity contribution in [1.29, 1.82) is 5.26 Å². The Hall–Kier alpha value is -1.73. The van der Waals surface area contributed by atoms with Gasteiger partial charge in [0.15, 0.2) is 17.5 Å². The van der Waals surface area contributed by atoms with Gasteiger partial charge in [0.2, 0.25) is 0 Å². The van der Waals surface area contributed by atoms with Crippen molar-refractivity contribution in [3.05, 3.63) is 35.1 Å². The van der Waals surface area contributed by atoms with Crippen molar-refractivity contribution >= 4 is 10.0 Å². The van der Waals surface area contributed by atoms with Crippen LogP contribution in [0.15, 0.2) is 12.1 Å². The molecule has 120 valence electrons. The van der Waals surface area contributed by atoms with Crippen LogP contribution in [-0.4, -0.2) is 25.3 Å². The van der Waals surface area contributed by atoms with E-state index in [1.165, 1.54) is 6.07 Å². The van der Waals surface area contributed by atoms with Crippen molar-refractivity contribution in [2.45, 2.75) is 24.1 Å². The van der Waals surface area contributed by atoms with Crippen LogP contribution in [0, 0.1) is 28.8 Å². The zero-order valence-corrected chi connectivity index (χ0v) is 11.7. The Kier molecular flexibility index (Phi) is 4.14. The van der Waals surface area contributed by atoms with Crippen LogP contribution in [0.5, 0.6) is 0 Å². The highest BCUT2D eigenvalue weighted by Crippen LogP contribution is 2.42. The maximum atomic E-state index is 14.2. The van der Waals surface area contributed by atoms with E-state index >= 15 is 0 Å². The highest BCUT2D eigenvalue weighted by molar-refractivity contribution is 7.89. The molecule has 0 saturated heterocycles. The Balaban J connectivity index is 2.53. The van der Waals surface area contributed by atoms with E-state index in [9.17, 15) is 30.4 Å². The standard InChI is InChI=1S/C12H9F5N2O2S/c13-9-4-3-8(10(14)11(9)15)12(16,17)22(20,21)19(6-5-18)7-1-2-7/h3-4,7H,1-2,6H2. The van der Waals surface area contributed by atoms with Gasteiger partial charge in [0.1, 0.15) is 6.54 Å². The van der Waals surface area contributed by atoms with Crippen LogP contribution in [0.25, 0.3) is 0 Å². The van der Waals surface area contributed by atoms with Crippen molar-refractivity contribution < 1.29 is 30.4 Å². The molecule has 1 saturated carbocycles. The normalized spacial score (nSPS) is 15.9. The van der Waals surface area contributed by atoms with E-state index < -0.39 is 50.9 Å². The molecule has 0 aromatic heterocycles. The highest BCUT2D eigenvalue weighted by atomic mass is 32.2. The zero-order chi connectivity index (χ0) is 16.7. The third-order valence-electron chi connectivity index (χ3n) is 3.16. The average Bonchev–Trinajstić information content (AvgIpc) is 3.26. The molecule has 0 spiro atoms. The van der Waals surface area contributed by atoms with Crippen molar-refractivity contribution in [2.24, 2.45) is 0 Å². The molecule has 0 amide bonds. The number of nitriles is 1. The fourth-order valence-electron chi connectivity index (χ4n) is 1.88. The van der Waals surface area contributed by atoms with Gasteiger partial charge in [-0.15, -0.1) is 0 Å². The molecule has 0 heterocycles. The summed E-state index contributed by atoms with van der Waals surface area (Å²) >= 11 is 0. The largest absolute Gasteiger partial charge is 0.387 e. The first kappa shape index (κ1) is 16.6. The third-order valence-corrected chi connectivity index (χ3v) is 5.07. The number of hydrogen-bond acceptors (Lipinski definition) is 3. The molecule has 22 heavy (non-hydrogen) atoms. The molecule has 1 aromatic carbocycles. The minimum Gasteiger partial charge on any atom is -0.205 e. The number of nitrogens with zero attached hydrogens (tertiary/aromatic N) is 2. The van der Waals surface area contributed by atoms with Crippen LogP contribution in [0.3, 0.4) is 0 Å². The Labute approximate surface area is 122 Å². The molecule has 1 aliphatic rings. The molecule has 0 radical (unpaired) electrons. The maximum absolute atomic E-state index is 14.2. The van der Waals surface area contributed by atoms with Crippen LogP contribution >= 0.6 is 0 Å². The molecule has 1 aliphatic carbocycles. The molecular formula is C12H9F5N2O2S. The fourth-order valence-corrected chi connectivity index (χ4v) is 3.44. The summed E-state index contributed by atoms with van der Waals surface area (Å²) < 4.78 is 92.1. The summed E-state index contributed by atoms with van der Waals surface area (Å²) in [7, 11) is -5.46. The molecule has 1 aromatic rings. The van der Waals surface area contributed by atoms with Crippen molar-refractivity contribution in [3.63, 3.8) is 0 Å². The summed E-state index contributed by atoms with van der Waals surface area (Å²) in [5.74, 6) is -6.18. The molecule has 1 fully saturated rings. The van der Waals surface area contributed by atoms with Gasteiger partial charge in [0.25, 0.3) is 10.0 Å². The summed E-state index contributed by atoms with van der Waals surface area (Å²) in [5.41, 5.74) is -1.80. The summed E-state index contributed by atoms with van der Waals surface area (Å²) in [6, 6.07) is 1.05. The molecule has 2 rings (SSSR count). The SMILES string of the molecule is N#CCN(C1CC1)S(=O)(=O)C(F)(F)c1ccc(F)c(F)c1F. The Bertz CT molecular complexity index is 741. The predicted molar refractivity (Wildman–Crippen MR) is 64.5 cm³/mol. The lowest BCUT2D eigenvalue weighted by molar-refractivity contribution is 0.0764. The Morgan fingerprint density at radius 1 is 1.23 bits per heavy atom. The van der Waals surface area contributed by atoms with E-state index in [-0.39, 0.29) is 29.3 Å². The molecule has 0 bridgehead atoms. The lowest BCUT2D eigenvalue weighted by Gasteiger charge is -2.25. The maximum Gasteiger partial charge on any atom is 0.387 e. The monoisotopic (exact) mass is 340 g/mol. The van der Waals surface area contributed by atoms with E-state index in [2.05, 4.69) is 0 Å². The van der Waals surface area contributed by atoms with Crippen molar-refractivity contribution in [3.8, 4) is 6.07 Å². The molecule has 10 heteroatoms. The number of halogens is 5. The lowest BCUT2D eigenvalue weighted by atomic mass is 10.2. The second-order valence-corrected chi connectivity index (χ2v) is 6.61. The quantitative estimate of drug-likeness (QED) is 0.470. The summed E-state index contributed by atoms with van der Waals surface area (Å²) in [6.07, 6.45) is 0.578. The number of hydrogen-bond donors (Lipinski definition) is 0. The molecule has 4 nitrogen and oxygen atoms in total. The van der Waals surface area contributed by atoms with Crippen LogP contribution in [0.1, 0.15) is 18.4 Å². The number of benzene rings is 1. The van der Waals surface area contributed by atoms with Crippen LogP contribution < -0.4 is 0 Å². The van der Waals surface area contributed by atoms with E-state index in [4.69, 9.17) is 5.26 Å². The molecule has 0 aliphatic heterocycles. The number of rotatable bonds is 5. The lowest BCUT2D eigenvalue weighted by Crippen LogP contribution is -2.43. The van der Waals surface area contributed by atoms with Gasteiger partial charge in [-0.1, -0.05) is 0 Å². The van der Waals surface area contributed by atoms with E-state index in [0.717, 1.165) is 0 Å². The van der Waals surface area contributed by atoms with Crippen molar-refractivity contribution in [2.75, 3.05) is 6.54 Å². The van der Waals surface area contributed by atoms with Gasteiger partial charge in [0.05, 0.1) is 11.6 Å². The van der Waals surface area contributed by atoms with Gasteiger partial charge in [-0.2, -0.15) is 18.3 Å². The first-order valence-corrected chi connectivity index (χ1v) is 7.48. The first-order chi connectivity index (χ1) is 10.1. The van der Waals surface area contributed by atoms with Crippen LogP contribution in [-0.2, 0) is 15.3 Å².